The van der Waals surface area contributed by atoms with Gasteiger partial charge in [0.2, 0.25) is 0 Å². The first-order chi connectivity index (χ1) is 13.4. The van der Waals surface area contributed by atoms with E-state index in [4.69, 9.17) is 22.2 Å². The number of nitrogens with two attached hydrogens (primary N) is 1. The molecule has 2 atom stereocenters. The SMILES string of the molecule is CON=C(C(=O)NC1C(=O)N2C(C(=O)O)=C(/C=C/Cl)CS[C@H]12)c1csc(N)n1. The Morgan fingerprint density at radius 1 is 1.57 bits per heavy atom. The van der Waals surface area contributed by atoms with Crippen molar-refractivity contribution in [2.24, 2.45) is 5.16 Å². The van der Waals surface area contributed by atoms with Gasteiger partial charge in [-0.2, -0.15) is 0 Å². The van der Waals surface area contributed by atoms with Gasteiger partial charge in [-0.05, 0) is 11.6 Å². The number of allylic oxidation sites excluding steroid dienone is 1. The molecule has 1 aromatic rings. The zero-order valence-electron chi connectivity index (χ0n) is 14.3. The van der Waals surface area contributed by atoms with Crippen molar-refractivity contribution in [1.82, 2.24) is 15.2 Å². The second-order valence-electron chi connectivity index (χ2n) is 5.53. The van der Waals surface area contributed by atoms with E-state index in [9.17, 15) is 19.5 Å². The summed E-state index contributed by atoms with van der Waals surface area (Å²) in [7, 11) is 1.27. The van der Waals surface area contributed by atoms with Crippen LogP contribution in [0.5, 0.6) is 0 Å². The molecule has 28 heavy (non-hydrogen) atoms. The van der Waals surface area contributed by atoms with Crippen LogP contribution >= 0.6 is 34.7 Å². The highest BCUT2D eigenvalue weighted by molar-refractivity contribution is 8.00. The largest absolute Gasteiger partial charge is 0.477 e. The quantitative estimate of drug-likeness (QED) is 0.328. The number of oxime groups is 1. The topological polar surface area (TPSA) is 147 Å². The number of carboxylic acid groups (broad SMARTS) is 1. The van der Waals surface area contributed by atoms with Crippen molar-refractivity contribution in [2.75, 3.05) is 18.6 Å². The summed E-state index contributed by atoms with van der Waals surface area (Å²) in [5, 5.41) is 16.9. The van der Waals surface area contributed by atoms with Crippen molar-refractivity contribution in [3.8, 4) is 0 Å². The van der Waals surface area contributed by atoms with Gasteiger partial charge in [0.05, 0.1) is 0 Å². The molecule has 2 aliphatic rings. The van der Waals surface area contributed by atoms with Gasteiger partial charge >= 0.3 is 5.97 Å². The van der Waals surface area contributed by atoms with E-state index >= 15 is 0 Å². The number of carboxylic acids is 1. The molecule has 2 aliphatic heterocycles. The van der Waals surface area contributed by atoms with Crippen LogP contribution in [-0.4, -0.2) is 62.8 Å². The van der Waals surface area contributed by atoms with Crippen molar-refractivity contribution in [1.29, 1.82) is 0 Å². The van der Waals surface area contributed by atoms with Crippen molar-refractivity contribution in [3.05, 3.63) is 34.0 Å². The van der Waals surface area contributed by atoms with Crippen LogP contribution in [0, 0.1) is 0 Å². The number of β-lactam (4-membered cyclic amide) rings is 1. The van der Waals surface area contributed by atoms with E-state index in [1.165, 1.54) is 35.9 Å². The maximum Gasteiger partial charge on any atom is 0.352 e. The van der Waals surface area contributed by atoms with Gasteiger partial charge in [0.25, 0.3) is 11.8 Å². The number of thioether (sulfide) groups is 1. The molecule has 1 saturated heterocycles. The Hall–Kier alpha value is -2.57. The molecule has 148 valence electrons. The predicted molar refractivity (Wildman–Crippen MR) is 105 cm³/mol. The summed E-state index contributed by atoms with van der Waals surface area (Å²) in [6.45, 7) is 0. The van der Waals surface area contributed by atoms with Gasteiger partial charge in [-0.25, -0.2) is 9.78 Å². The number of nitrogens with one attached hydrogen (secondary N) is 1. The number of nitrogens with zero attached hydrogens (tertiary/aromatic N) is 3. The highest BCUT2D eigenvalue weighted by atomic mass is 35.5. The normalized spacial score (nSPS) is 22.1. The average Bonchev–Trinajstić information content (AvgIpc) is 3.09. The molecule has 1 aromatic heterocycles. The molecule has 0 radical (unpaired) electrons. The fourth-order valence-electron chi connectivity index (χ4n) is 2.75. The lowest BCUT2D eigenvalue weighted by Crippen LogP contribution is -2.71. The van der Waals surface area contributed by atoms with Crippen LogP contribution in [0.15, 0.2) is 33.4 Å². The van der Waals surface area contributed by atoms with Crippen LogP contribution in [0.1, 0.15) is 5.69 Å². The van der Waals surface area contributed by atoms with Crippen LogP contribution < -0.4 is 11.1 Å². The molecule has 0 saturated carbocycles. The maximum absolute atomic E-state index is 12.6. The van der Waals surface area contributed by atoms with E-state index < -0.39 is 29.2 Å². The van der Waals surface area contributed by atoms with Gasteiger partial charge in [0, 0.05) is 16.7 Å². The Labute approximate surface area is 172 Å². The first-order valence-electron chi connectivity index (χ1n) is 7.70. The molecule has 10 nitrogen and oxygen atoms in total. The lowest BCUT2D eigenvalue weighted by molar-refractivity contribution is -0.150. The number of halogens is 1. The van der Waals surface area contributed by atoms with Gasteiger partial charge in [-0.15, -0.1) is 23.1 Å². The van der Waals surface area contributed by atoms with E-state index in [2.05, 4.69) is 15.5 Å². The molecule has 3 rings (SSSR count). The molecule has 4 N–H and O–H groups in total. The lowest BCUT2D eigenvalue weighted by Gasteiger charge is -2.49. The third-order valence-electron chi connectivity index (χ3n) is 3.91. The summed E-state index contributed by atoms with van der Waals surface area (Å²) in [5.41, 5.74) is 7.12. The Balaban J connectivity index is 1.80. The minimum atomic E-state index is -1.24. The molecule has 0 bridgehead atoms. The number of rotatable bonds is 6. The molecule has 0 aliphatic carbocycles. The third-order valence-corrected chi connectivity index (χ3v) is 6.02. The molecular weight excluding hydrogens is 430 g/mol. The number of thiazole rings is 1. The number of aromatic nitrogens is 1. The first kappa shape index (κ1) is 20.2. The minimum absolute atomic E-state index is 0.137. The van der Waals surface area contributed by atoms with E-state index in [0.29, 0.717) is 11.3 Å². The third kappa shape index (κ3) is 3.57. The standard InChI is InChI=1S/C15H14ClN5O5S2/c1-26-20-8(7-5-28-15(17)18-7)11(22)19-9-12(23)21-10(14(24)25)6(2-3-16)4-27-13(9)21/h2-3,5,9,13H,4H2,1H3,(H2,17,18)(H,19,22)(H,24,25)/b3-2+,20-8?/t9?,13-/m1/s1. The van der Waals surface area contributed by atoms with E-state index in [0.717, 1.165) is 16.2 Å². The van der Waals surface area contributed by atoms with Crippen molar-refractivity contribution in [2.45, 2.75) is 11.4 Å². The Kier molecular flexibility index (Phi) is 5.91. The summed E-state index contributed by atoms with van der Waals surface area (Å²) in [6.07, 6.45) is 1.43. The van der Waals surface area contributed by atoms with Crippen LogP contribution in [0.25, 0.3) is 0 Å². The second-order valence-corrected chi connectivity index (χ2v) is 7.77. The first-order valence-corrected chi connectivity index (χ1v) is 10.1. The van der Waals surface area contributed by atoms with Gasteiger partial charge in [-0.1, -0.05) is 16.8 Å². The zero-order valence-corrected chi connectivity index (χ0v) is 16.7. The average molecular weight is 444 g/mol. The Morgan fingerprint density at radius 3 is 2.89 bits per heavy atom. The monoisotopic (exact) mass is 443 g/mol. The number of carbonyl (C=O) groups is 3. The van der Waals surface area contributed by atoms with E-state index in [-0.39, 0.29) is 22.2 Å². The number of nitrogen functional groups attached to an aromatic ring is 1. The van der Waals surface area contributed by atoms with Gasteiger partial charge in [0.1, 0.15) is 29.9 Å². The number of carbonyl (C=O) groups excluding carboxylic acids is 2. The highest BCUT2D eigenvalue weighted by Gasteiger charge is 2.54. The van der Waals surface area contributed by atoms with Crippen LogP contribution in [0.3, 0.4) is 0 Å². The smallest absolute Gasteiger partial charge is 0.352 e. The molecule has 13 heteroatoms. The van der Waals surface area contributed by atoms with Crippen LogP contribution in [-0.2, 0) is 19.2 Å². The molecule has 1 fully saturated rings. The van der Waals surface area contributed by atoms with Gasteiger partial charge in [-0.3, -0.25) is 14.5 Å². The maximum atomic E-state index is 12.6. The fourth-order valence-corrected chi connectivity index (χ4v) is 4.77. The van der Waals surface area contributed by atoms with Gasteiger partial charge in [0.15, 0.2) is 10.8 Å². The second kappa shape index (κ2) is 8.20. The molecule has 0 aromatic carbocycles. The summed E-state index contributed by atoms with van der Waals surface area (Å²) in [5.74, 6) is -2.14. The number of hydrogen-bond donors (Lipinski definition) is 3. The number of anilines is 1. The van der Waals surface area contributed by atoms with Crippen LogP contribution in [0.4, 0.5) is 5.13 Å². The van der Waals surface area contributed by atoms with Crippen LogP contribution in [0.2, 0.25) is 0 Å². The lowest BCUT2D eigenvalue weighted by atomic mass is 10.0. The van der Waals surface area contributed by atoms with E-state index in [1.54, 1.807) is 0 Å². The number of amides is 2. The predicted octanol–water partition coefficient (Wildman–Crippen LogP) is 0.567. The summed E-state index contributed by atoms with van der Waals surface area (Å²) >= 11 is 7.99. The fraction of sp³-hybridized carbons (Fsp3) is 0.267. The van der Waals surface area contributed by atoms with Crippen molar-refractivity contribution >= 4 is 63.3 Å². The molecule has 0 spiro atoms. The Bertz CT molecular complexity index is 928. The van der Waals surface area contributed by atoms with Crippen molar-refractivity contribution in [3.63, 3.8) is 0 Å². The zero-order chi connectivity index (χ0) is 20.4. The highest BCUT2D eigenvalue weighted by Crippen LogP contribution is 2.40. The molecule has 3 heterocycles. The summed E-state index contributed by atoms with van der Waals surface area (Å²) in [6, 6.07) is -0.911. The number of aliphatic carboxylic acids is 1. The van der Waals surface area contributed by atoms with Crippen molar-refractivity contribution < 1.29 is 24.3 Å². The van der Waals surface area contributed by atoms with Gasteiger partial charge < -0.3 is 21.0 Å². The number of hydrogen-bond acceptors (Lipinski definition) is 9. The number of fused-ring (bicyclic) bond motifs is 1. The molecule has 2 amide bonds. The molecular formula is C15H14ClN5O5S2. The summed E-state index contributed by atoms with van der Waals surface area (Å²) < 4.78 is 0. The minimum Gasteiger partial charge on any atom is -0.477 e. The Morgan fingerprint density at radius 2 is 2.32 bits per heavy atom. The molecule has 1 unspecified atom stereocenters. The van der Waals surface area contributed by atoms with E-state index in [1.807, 2.05) is 0 Å². The summed E-state index contributed by atoms with van der Waals surface area (Å²) in [4.78, 5) is 46.6.